The smallest absolute Gasteiger partial charge is 0.336 e. The van der Waals surface area contributed by atoms with Gasteiger partial charge in [0.15, 0.2) is 0 Å². The zero-order chi connectivity index (χ0) is 19.4. The molecule has 1 saturated heterocycles. The maximum absolute atomic E-state index is 13.1. The Labute approximate surface area is 161 Å². The van der Waals surface area contributed by atoms with Crippen molar-refractivity contribution >= 4 is 17.5 Å². The van der Waals surface area contributed by atoms with Crippen molar-refractivity contribution in [2.45, 2.75) is 12.6 Å². The van der Waals surface area contributed by atoms with Crippen molar-refractivity contribution < 1.29 is 18.0 Å². The van der Waals surface area contributed by atoms with E-state index in [1.807, 2.05) is 0 Å². The number of alkyl halides is 3. The Morgan fingerprint density at radius 1 is 0.963 bits per heavy atom. The van der Waals surface area contributed by atoms with Gasteiger partial charge in [0.05, 0.1) is 5.56 Å². The summed E-state index contributed by atoms with van der Waals surface area (Å²) in [6.07, 6.45) is -4.00. The van der Waals surface area contributed by atoms with Crippen LogP contribution in [0.3, 0.4) is 0 Å². The summed E-state index contributed by atoms with van der Waals surface area (Å²) in [6.45, 7) is 2.95. The molecule has 7 heteroatoms. The number of hydrogen-bond donors (Lipinski definition) is 0. The van der Waals surface area contributed by atoms with Crippen molar-refractivity contribution in [3.63, 3.8) is 0 Å². The van der Waals surface area contributed by atoms with E-state index in [1.165, 1.54) is 12.1 Å². The number of halogens is 4. The Morgan fingerprint density at radius 2 is 1.59 bits per heavy atom. The van der Waals surface area contributed by atoms with Gasteiger partial charge >= 0.3 is 6.18 Å². The maximum atomic E-state index is 13.1. The largest absolute Gasteiger partial charge is 0.416 e. The number of hydrogen-bond acceptors (Lipinski definition) is 2. The van der Waals surface area contributed by atoms with Gasteiger partial charge in [-0.25, -0.2) is 0 Å². The summed E-state index contributed by atoms with van der Waals surface area (Å²) in [7, 11) is 0. The number of benzene rings is 2. The summed E-state index contributed by atoms with van der Waals surface area (Å²) >= 11 is 5.84. The maximum Gasteiger partial charge on any atom is 0.416 e. The summed E-state index contributed by atoms with van der Waals surface area (Å²) in [6, 6.07) is 12.5. The first kappa shape index (κ1) is 19.7. The second-order valence-electron chi connectivity index (χ2n) is 6.55. The molecule has 1 aliphatic heterocycles. The Morgan fingerprint density at radius 3 is 2.22 bits per heavy atom. The summed E-state index contributed by atoms with van der Waals surface area (Å²) < 4.78 is 39.2. The summed E-state index contributed by atoms with van der Waals surface area (Å²) in [5, 5.41) is 0.579. The molecule has 144 valence electrons. The molecule has 1 heterocycles. The van der Waals surface area contributed by atoms with Gasteiger partial charge in [-0.1, -0.05) is 29.8 Å². The van der Waals surface area contributed by atoms with Crippen LogP contribution in [0.4, 0.5) is 13.2 Å². The lowest BCUT2D eigenvalue weighted by Crippen LogP contribution is -2.49. The van der Waals surface area contributed by atoms with Crippen molar-refractivity contribution in [1.82, 2.24) is 9.80 Å². The van der Waals surface area contributed by atoms with Crippen LogP contribution >= 0.6 is 11.6 Å². The van der Waals surface area contributed by atoms with E-state index in [-0.39, 0.29) is 5.91 Å². The Hall–Kier alpha value is -2.05. The van der Waals surface area contributed by atoms with E-state index in [9.17, 15) is 18.0 Å². The molecule has 2 aromatic rings. The zero-order valence-electron chi connectivity index (χ0n) is 14.7. The van der Waals surface area contributed by atoms with Crippen LogP contribution in [-0.2, 0) is 12.6 Å². The van der Waals surface area contributed by atoms with Crippen molar-refractivity contribution in [3.05, 3.63) is 70.2 Å². The number of rotatable bonds is 4. The lowest BCUT2D eigenvalue weighted by Gasteiger charge is -2.35. The third-order valence-electron chi connectivity index (χ3n) is 4.77. The molecular weight excluding hydrogens is 377 g/mol. The fourth-order valence-electron chi connectivity index (χ4n) is 3.24. The van der Waals surface area contributed by atoms with Crippen LogP contribution in [0.15, 0.2) is 48.5 Å². The first-order valence-electron chi connectivity index (χ1n) is 8.77. The number of nitrogens with zero attached hydrogens (tertiary/aromatic N) is 2. The highest BCUT2D eigenvalue weighted by Crippen LogP contribution is 2.32. The molecule has 1 fully saturated rings. The molecule has 0 atom stereocenters. The fraction of sp³-hybridized carbons (Fsp3) is 0.350. The summed E-state index contributed by atoms with van der Waals surface area (Å²) in [5.41, 5.74) is 0.332. The van der Waals surface area contributed by atoms with Gasteiger partial charge in [-0.15, -0.1) is 0 Å². The standard InChI is InChI=1S/C20H20ClF3N2O/c21-17-7-5-16(6-8-17)19(27)26-13-11-25(12-14-26)10-9-15-3-1-2-4-18(15)20(22,23)24/h1-8H,9-14H2. The molecule has 3 rings (SSSR count). The highest BCUT2D eigenvalue weighted by Gasteiger charge is 2.33. The first-order chi connectivity index (χ1) is 12.8. The van der Waals surface area contributed by atoms with Gasteiger partial charge in [0.1, 0.15) is 0 Å². The minimum Gasteiger partial charge on any atom is -0.336 e. The average Bonchev–Trinajstić information content (AvgIpc) is 2.66. The van der Waals surface area contributed by atoms with Crippen LogP contribution in [0.5, 0.6) is 0 Å². The second-order valence-corrected chi connectivity index (χ2v) is 6.98. The highest BCUT2D eigenvalue weighted by molar-refractivity contribution is 6.30. The molecule has 0 aromatic heterocycles. The van der Waals surface area contributed by atoms with Gasteiger partial charge in [0.25, 0.3) is 5.91 Å². The molecule has 0 bridgehead atoms. The molecule has 0 N–H and O–H groups in total. The van der Waals surface area contributed by atoms with Crippen LogP contribution < -0.4 is 0 Å². The Balaban J connectivity index is 1.53. The van der Waals surface area contributed by atoms with Crippen LogP contribution in [-0.4, -0.2) is 48.4 Å². The minimum atomic E-state index is -4.33. The molecule has 0 aliphatic carbocycles. The van der Waals surface area contributed by atoms with Gasteiger partial charge in [-0.2, -0.15) is 13.2 Å². The van der Waals surface area contributed by atoms with Crippen molar-refractivity contribution in [2.24, 2.45) is 0 Å². The molecule has 3 nitrogen and oxygen atoms in total. The van der Waals surface area contributed by atoms with E-state index < -0.39 is 11.7 Å². The van der Waals surface area contributed by atoms with Gasteiger partial charge < -0.3 is 4.90 Å². The van der Waals surface area contributed by atoms with Gasteiger partial charge in [0.2, 0.25) is 0 Å². The molecule has 1 amide bonds. The molecule has 27 heavy (non-hydrogen) atoms. The van der Waals surface area contributed by atoms with E-state index in [4.69, 9.17) is 11.6 Å². The molecule has 1 aliphatic rings. The van der Waals surface area contributed by atoms with E-state index in [2.05, 4.69) is 4.90 Å². The van der Waals surface area contributed by atoms with Crippen LogP contribution in [0.1, 0.15) is 21.5 Å². The van der Waals surface area contributed by atoms with E-state index >= 15 is 0 Å². The Bertz CT molecular complexity index is 785. The number of carbonyl (C=O) groups is 1. The van der Waals surface area contributed by atoms with Crippen molar-refractivity contribution in [1.29, 1.82) is 0 Å². The normalized spacial score (nSPS) is 15.8. The molecular formula is C20H20ClF3N2O. The Kier molecular flexibility index (Phi) is 6.07. The van der Waals surface area contributed by atoms with Crippen molar-refractivity contribution in [3.8, 4) is 0 Å². The molecule has 0 unspecified atom stereocenters. The molecule has 0 spiro atoms. The SMILES string of the molecule is O=C(c1ccc(Cl)cc1)N1CCN(CCc2ccccc2C(F)(F)F)CC1. The molecule has 2 aromatic carbocycles. The first-order valence-corrected chi connectivity index (χ1v) is 9.15. The van der Waals surface area contributed by atoms with Crippen molar-refractivity contribution in [2.75, 3.05) is 32.7 Å². The van der Waals surface area contributed by atoms with E-state index in [0.29, 0.717) is 55.3 Å². The van der Waals surface area contributed by atoms with Gasteiger partial charge in [-0.3, -0.25) is 9.69 Å². The third-order valence-corrected chi connectivity index (χ3v) is 5.02. The predicted molar refractivity (Wildman–Crippen MR) is 98.9 cm³/mol. The predicted octanol–water partition coefficient (Wildman–Crippen LogP) is 4.36. The lowest BCUT2D eigenvalue weighted by molar-refractivity contribution is -0.138. The number of carbonyl (C=O) groups excluding carboxylic acids is 1. The topological polar surface area (TPSA) is 23.6 Å². The number of amides is 1. The summed E-state index contributed by atoms with van der Waals surface area (Å²) in [4.78, 5) is 16.4. The second kappa shape index (κ2) is 8.31. The quantitative estimate of drug-likeness (QED) is 0.766. The molecule has 0 saturated carbocycles. The third kappa shape index (κ3) is 5.02. The van der Waals surface area contributed by atoms with E-state index in [1.54, 1.807) is 35.2 Å². The zero-order valence-corrected chi connectivity index (χ0v) is 15.4. The van der Waals surface area contributed by atoms with Gasteiger partial charge in [0, 0.05) is 43.3 Å². The van der Waals surface area contributed by atoms with Crippen LogP contribution in [0.25, 0.3) is 0 Å². The highest BCUT2D eigenvalue weighted by atomic mass is 35.5. The lowest BCUT2D eigenvalue weighted by atomic mass is 10.0. The van der Waals surface area contributed by atoms with E-state index in [0.717, 1.165) is 6.07 Å². The monoisotopic (exact) mass is 396 g/mol. The van der Waals surface area contributed by atoms with Crippen LogP contribution in [0, 0.1) is 0 Å². The average molecular weight is 397 g/mol. The minimum absolute atomic E-state index is 0.0475. The van der Waals surface area contributed by atoms with Crippen LogP contribution in [0.2, 0.25) is 5.02 Å². The van der Waals surface area contributed by atoms with Gasteiger partial charge in [-0.05, 0) is 42.3 Å². The summed E-state index contributed by atoms with van der Waals surface area (Å²) in [5.74, 6) is -0.0475. The fourth-order valence-corrected chi connectivity index (χ4v) is 3.37. The number of piperazine rings is 1. The molecule has 0 radical (unpaired) electrons.